The van der Waals surface area contributed by atoms with Gasteiger partial charge in [-0.25, -0.2) is 4.39 Å². The molecule has 0 aromatic heterocycles. The predicted octanol–water partition coefficient (Wildman–Crippen LogP) is 4.54. The fourth-order valence-electron chi connectivity index (χ4n) is 2.45. The molecule has 0 amide bonds. The zero-order valence-corrected chi connectivity index (χ0v) is 13.4. The van der Waals surface area contributed by atoms with Crippen molar-refractivity contribution >= 4 is 0 Å². The highest BCUT2D eigenvalue weighted by Gasteiger charge is 2.13. The Morgan fingerprint density at radius 2 is 1.79 bits per heavy atom. The van der Waals surface area contributed by atoms with Crippen molar-refractivity contribution in [2.75, 3.05) is 19.8 Å². The lowest BCUT2D eigenvalue weighted by Gasteiger charge is -2.22. The quantitative estimate of drug-likeness (QED) is 0.698. The van der Waals surface area contributed by atoms with Gasteiger partial charge in [-0.3, -0.25) is 0 Å². The predicted molar refractivity (Wildman–Crippen MR) is 88.0 cm³/mol. The van der Waals surface area contributed by atoms with Crippen molar-refractivity contribution in [3.05, 3.63) is 54.3 Å². The lowest BCUT2D eigenvalue weighted by atomic mass is 10.2. The van der Waals surface area contributed by atoms with Gasteiger partial charge in [0.25, 0.3) is 0 Å². The molecule has 0 saturated carbocycles. The van der Waals surface area contributed by atoms with E-state index in [0.29, 0.717) is 24.7 Å². The van der Waals surface area contributed by atoms with E-state index in [1.54, 1.807) is 24.3 Å². The third-order valence-electron chi connectivity index (χ3n) is 3.65. The smallest absolute Gasteiger partial charge is 0.157 e. The van der Waals surface area contributed by atoms with Crippen LogP contribution >= 0.6 is 0 Å². The van der Waals surface area contributed by atoms with Crippen LogP contribution in [0.15, 0.2) is 48.5 Å². The standard InChI is InChI=1S/C19H21FO4/c20-15-4-3-5-18(14-15)24-17-9-7-16(8-10-17)21-12-13-23-19-6-1-2-11-22-19/h3-5,7-10,14,19H,1-2,6,11-13H2. The third kappa shape index (κ3) is 5.22. The van der Waals surface area contributed by atoms with Crippen molar-refractivity contribution in [3.63, 3.8) is 0 Å². The Balaban J connectivity index is 1.41. The molecule has 2 aromatic rings. The highest BCUT2D eigenvalue weighted by atomic mass is 19.1. The molecule has 0 bridgehead atoms. The SMILES string of the molecule is Fc1cccc(Oc2ccc(OCCOC3CCCCO3)cc2)c1. The summed E-state index contributed by atoms with van der Waals surface area (Å²) in [4.78, 5) is 0. The summed E-state index contributed by atoms with van der Waals surface area (Å²) >= 11 is 0. The topological polar surface area (TPSA) is 36.9 Å². The van der Waals surface area contributed by atoms with Gasteiger partial charge in [-0.05, 0) is 55.7 Å². The molecule has 1 aliphatic heterocycles. The molecule has 0 N–H and O–H groups in total. The van der Waals surface area contributed by atoms with E-state index in [-0.39, 0.29) is 12.1 Å². The molecule has 1 fully saturated rings. The van der Waals surface area contributed by atoms with Gasteiger partial charge in [0.1, 0.15) is 29.7 Å². The zero-order valence-electron chi connectivity index (χ0n) is 13.4. The van der Waals surface area contributed by atoms with E-state index in [1.807, 2.05) is 12.1 Å². The second-order valence-electron chi connectivity index (χ2n) is 5.55. The summed E-state index contributed by atoms with van der Waals surface area (Å²) in [5, 5.41) is 0. The monoisotopic (exact) mass is 332 g/mol. The second kappa shape index (κ2) is 8.66. The molecule has 128 valence electrons. The maximum Gasteiger partial charge on any atom is 0.157 e. The molecule has 5 heteroatoms. The first-order chi connectivity index (χ1) is 11.8. The summed E-state index contributed by atoms with van der Waals surface area (Å²) in [5.74, 6) is 1.49. The van der Waals surface area contributed by atoms with Crippen LogP contribution in [0.4, 0.5) is 4.39 Å². The van der Waals surface area contributed by atoms with Crippen LogP contribution in [0.3, 0.4) is 0 Å². The largest absolute Gasteiger partial charge is 0.491 e. The van der Waals surface area contributed by atoms with Gasteiger partial charge in [0, 0.05) is 12.7 Å². The van der Waals surface area contributed by atoms with E-state index >= 15 is 0 Å². The lowest BCUT2D eigenvalue weighted by Crippen LogP contribution is -2.24. The van der Waals surface area contributed by atoms with Crippen LogP contribution in [0.5, 0.6) is 17.2 Å². The van der Waals surface area contributed by atoms with Crippen LogP contribution < -0.4 is 9.47 Å². The van der Waals surface area contributed by atoms with Gasteiger partial charge in [0.05, 0.1) is 6.61 Å². The summed E-state index contributed by atoms with van der Waals surface area (Å²) in [6, 6.07) is 13.2. The molecule has 1 unspecified atom stereocenters. The van der Waals surface area contributed by atoms with Crippen LogP contribution in [0, 0.1) is 5.82 Å². The normalized spacial score (nSPS) is 17.5. The van der Waals surface area contributed by atoms with Crippen molar-refractivity contribution in [2.24, 2.45) is 0 Å². The summed E-state index contributed by atoms with van der Waals surface area (Å²) < 4.78 is 35.4. The van der Waals surface area contributed by atoms with Crippen molar-refractivity contribution in [1.29, 1.82) is 0 Å². The first kappa shape index (κ1) is 16.7. The molecule has 24 heavy (non-hydrogen) atoms. The Labute approximate surface area is 141 Å². The van der Waals surface area contributed by atoms with E-state index in [2.05, 4.69) is 0 Å². The molecule has 0 aliphatic carbocycles. The molecule has 1 heterocycles. The number of hydrogen-bond donors (Lipinski definition) is 0. The van der Waals surface area contributed by atoms with E-state index in [1.165, 1.54) is 12.1 Å². The maximum absolute atomic E-state index is 13.1. The average molecular weight is 332 g/mol. The molecule has 1 atom stereocenters. The van der Waals surface area contributed by atoms with Crippen molar-refractivity contribution in [1.82, 2.24) is 0 Å². The molecule has 2 aromatic carbocycles. The van der Waals surface area contributed by atoms with Gasteiger partial charge in [-0.1, -0.05) is 6.07 Å². The van der Waals surface area contributed by atoms with Crippen LogP contribution in [0.1, 0.15) is 19.3 Å². The molecular formula is C19H21FO4. The fraction of sp³-hybridized carbons (Fsp3) is 0.368. The van der Waals surface area contributed by atoms with Crippen LogP contribution in [-0.4, -0.2) is 26.1 Å². The van der Waals surface area contributed by atoms with E-state index < -0.39 is 0 Å². The summed E-state index contributed by atoms with van der Waals surface area (Å²) in [5.41, 5.74) is 0. The summed E-state index contributed by atoms with van der Waals surface area (Å²) in [6.45, 7) is 1.73. The van der Waals surface area contributed by atoms with Gasteiger partial charge in [0.2, 0.25) is 0 Å². The Morgan fingerprint density at radius 1 is 0.958 bits per heavy atom. The van der Waals surface area contributed by atoms with Crippen molar-refractivity contribution in [3.8, 4) is 17.2 Å². The minimum Gasteiger partial charge on any atom is -0.491 e. The first-order valence-corrected chi connectivity index (χ1v) is 8.19. The molecule has 1 aliphatic rings. The molecule has 0 radical (unpaired) electrons. The average Bonchev–Trinajstić information content (AvgIpc) is 2.61. The maximum atomic E-state index is 13.1. The molecule has 1 saturated heterocycles. The Kier molecular flexibility index (Phi) is 6.04. The van der Waals surface area contributed by atoms with Gasteiger partial charge in [-0.2, -0.15) is 0 Å². The van der Waals surface area contributed by atoms with E-state index in [9.17, 15) is 4.39 Å². The van der Waals surface area contributed by atoms with E-state index in [4.69, 9.17) is 18.9 Å². The number of halogens is 1. The molecular weight excluding hydrogens is 311 g/mol. The number of benzene rings is 2. The van der Waals surface area contributed by atoms with E-state index in [0.717, 1.165) is 31.6 Å². The Morgan fingerprint density at radius 3 is 2.54 bits per heavy atom. The number of ether oxygens (including phenoxy) is 4. The zero-order chi connectivity index (χ0) is 16.6. The van der Waals surface area contributed by atoms with Gasteiger partial charge >= 0.3 is 0 Å². The van der Waals surface area contributed by atoms with Crippen LogP contribution in [0.2, 0.25) is 0 Å². The highest BCUT2D eigenvalue weighted by Crippen LogP contribution is 2.24. The summed E-state index contributed by atoms with van der Waals surface area (Å²) in [7, 11) is 0. The van der Waals surface area contributed by atoms with Gasteiger partial charge in [-0.15, -0.1) is 0 Å². The third-order valence-corrected chi connectivity index (χ3v) is 3.65. The molecule has 3 rings (SSSR count). The molecule has 0 spiro atoms. The second-order valence-corrected chi connectivity index (χ2v) is 5.55. The highest BCUT2D eigenvalue weighted by molar-refractivity contribution is 5.35. The van der Waals surface area contributed by atoms with Crippen molar-refractivity contribution < 1.29 is 23.3 Å². The fourth-order valence-corrected chi connectivity index (χ4v) is 2.45. The Bertz CT molecular complexity index is 624. The molecule has 4 nitrogen and oxygen atoms in total. The minimum atomic E-state index is -0.325. The van der Waals surface area contributed by atoms with Crippen LogP contribution in [-0.2, 0) is 9.47 Å². The van der Waals surface area contributed by atoms with Crippen molar-refractivity contribution in [2.45, 2.75) is 25.6 Å². The number of rotatable bonds is 7. The lowest BCUT2D eigenvalue weighted by molar-refractivity contribution is -0.165. The minimum absolute atomic E-state index is 0.0932. The number of hydrogen-bond acceptors (Lipinski definition) is 4. The van der Waals surface area contributed by atoms with Crippen LogP contribution in [0.25, 0.3) is 0 Å². The first-order valence-electron chi connectivity index (χ1n) is 8.19. The van der Waals surface area contributed by atoms with Gasteiger partial charge < -0.3 is 18.9 Å². The summed E-state index contributed by atoms with van der Waals surface area (Å²) in [6.07, 6.45) is 3.12. The Hall–Kier alpha value is -2.11. The van der Waals surface area contributed by atoms with Gasteiger partial charge in [0.15, 0.2) is 6.29 Å².